The minimum Gasteiger partial charge on any atom is -0.326 e. The highest BCUT2D eigenvalue weighted by Crippen LogP contribution is 2.44. The number of aromatic nitrogens is 2. The van der Waals surface area contributed by atoms with Crippen molar-refractivity contribution in [2.45, 2.75) is 56.4 Å². The van der Waals surface area contributed by atoms with E-state index in [2.05, 4.69) is 5.32 Å². The lowest BCUT2D eigenvalue weighted by Gasteiger charge is -2.12. The molecule has 1 amide bonds. The number of aryl methyl sites for hydroxylation is 2. The number of fused-ring (bicyclic) bond motifs is 3. The van der Waals surface area contributed by atoms with Gasteiger partial charge in [0.2, 0.25) is 5.91 Å². The highest BCUT2D eigenvalue weighted by molar-refractivity contribution is 8.00. The first-order chi connectivity index (χ1) is 14.6. The average Bonchev–Trinajstić information content (AvgIpc) is 3.52. The molecular weight excluding hydrogens is 414 g/mol. The van der Waals surface area contributed by atoms with Crippen LogP contribution in [0.5, 0.6) is 0 Å². The van der Waals surface area contributed by atoms with Gasteiger partial charge in [0.15, 0.2) is 5.78 Å². The van der Waals surface area contributed by atoms with E-state index in [1.165, 1.54) is 48.4 Å². The minimum absolute atomic E-state index is 0.0678. The molecule has 1 fully saturated rings. The molecule has 0 saturated heterocycles. The fourth-order valence-corrected chi connectivity index (χ4v) is 6.22. The summed E-state index contributed by atoms with van der Waals surface area (Å²) < 4.78 is 0. The summed E-state index contributed by atoms with van der Waals surface area (Å²) in [5.41, 5.74) is 2.76. The summed E-state index contributed by atoms with van der Waals surface area (Å²) in [4.78, 5) is 36.3. The van der Waals surface area contributed by atoms with Crippen LogP contribution >= 0.6 is 23.1 Å². The van der Waals surface area contributed by atoms with Crippen LogP contribution in [-0.2, 0) is 17.6 Å². The zero-order chi connectivity index (χ0) is 20.7. The van der Waals surface area contributed by atoms with Crippen LogP contribution in [-0.4, -0.2) is 27.4 Å². The Morgan fingerprint density at radius 3 is 2.63 bits per heavy atom. The Bertz CT molecular complexity index is 1130. The monoisotopic (exact) mass is 437 g/mol. The van der Waals surface area contributed by atoms with Crippen LogP contribution in [0.1, 0.15) is 65.1 Å². The van der Waals surface area contributed by atoms with Crippen molar-refractivity contribution >= 4 is 50.7 Å². The molecule has 0 unspecified atom stereocenters. The topological polar surface area (TPSA) is 72.0 Å². The van der Waals surface area contributed by atoms with Crippen molar-refractivity contribution in [2.24, 2.45) is 0 Å². The molecule has 0 bridgehead atoms. The maximum atomic E-state index is 12.8. The van der Waals surface area contributed by atoms with Crippen molar-refractivity contribution in [3.05, 3.63) is 46.1 Å². The highest BCUT2D eigenvalue weighted by Gasteiger charge is 2.29. The molecule has 1 saturated carbocycles. The van der Waals surface area contributed by atoms with Crippen molar-refractivity contribution in [1.82, 2.24) is 9.97 Å². The number of Topliss-reactive ketones (excluding diaryl/α,β-unsaturated/α-hetero) is 1. The molecular formula is C23H23N3O2S2. The van der Waals surface area contributed by atoms with Crippen LogP contribution < -0.4 is 5.32 Å². The molecule has 2 aromatic heterocycles. The minimum atomic E-state index is -0.122. The molecule has 0 atom stereocenters. The quantitative estimate of drug-likeness (QED) is 0.318. The molecule has 30 heavy (non-hydrogen) atoms. The summed E-state index contributed by atoms with van der Waals surface area (Å²) in [5.74, 6) is 1.74. The Labute approximate surface area is 183 Å². The van der Waals surface area contributed by atoms with E-state index in [-0.39, 0.29) is 11.7 Å². The predicted molar refractivity (Wildman–Crippen MR) is 122 cm³/mol. The Morgan fingerprint density at radius 2 is 1.90 bits per heavy atom. The standard InChI is InChI=1S/C23H23N3O2S2/c1-13(27)24-16-10-8-14(9-11-16)18(28)12-29-22-20-17-4-2-3-5-19(17)30-23(20)26-21(25-22)15-6-7-15/h8-11,15H,2-7,12H2,1H3,(H,24,27). The van der Waals surface area contributed by atoms with E-state index < -0.39 is 0 Å². The van der Waals surface area contributed by atoms with E-state index in [9.17, 15) is 9.59 Å². The first kappa shape index (κ1) is 19.7. The van der Waals surface area contributed by atoms with Gasteiger partial charge in [-0.15, -0.1) is 11.3 Å². The molecule has 2 aliphatic carbocycles. The second-order valence-electron chi connectivity index (χ2n) is 8.02. The number of thiophene rings is 1. The lowest BCUT2D eigenvalue weighted by atomic mass is 9.97. The third-order valence-electron chi connectivity index (χ3n) is 5.61. The Balaban J connectivity index is 1.39. The third kappa shape index (κ3) is 4.01. The first-order valence-electron chi connectivity index (χ1n) is 10.4. The predicted octanol–water partition coefficient (Wildman–Crippen LogP) is 5.38. The average molecular weight is 438 g/mol. The Kier molecular flexibility index (Phi) is 5.33. The van der Waals surface area contributed by atoms with Crippen molar-refractivity contribution in [3.8, 4) is 0 Å². The van der Waals surface area contributed by atoms with Crippen molar-refractivity contribution in [1.29, 1.82) is 0 Å². The molecule has 1 N–H and O–H groups in total. The molecule has 3 aromatic rings. The van der Waals surface area contributed by atoms with E-state index >= 15 is 0 Å². The molecule has 2 heterocycles. The number of hydrogen-bond donors (Lipinski definition) is 1. The summed E-state index contributed by atoms with van der Waals surface area (Å²) in [5, 5.41) is 4.90. The summed E-state index contributed by atoms with van der Waals surface area (Å²) in [6, 6.07) is 7.07. The van der Waals surface area contributed by atoms with Gasteiger partial charge in [-0.05, 0) is 68.4 Å². The van der Waals surface area contributed by atoms with Gasteiger partial charge >= 0.3 is 0 Å². The summed E-state index contributed by atoms with van der Waals surface area (Å²) in [7, 11) is 0. The third-order valence-corrected chi connectivity index (χ3v) is 7.77. The molecule has 0 spiro atoms. The van der Waals surface area contributed by atoms with E-state index in [1.54, 1.807) is 36.0 Å². The fraction of sp³-hybridized carbons (Fsp3) is 0.391. The molecule has 0 aliphatic heterocycles. The molecule has 2 aliphatic rings. The van der Waals surface area contributed by atoms with Crippen LogP contribution in [0.2, 0.25) is 0 Å². The second-order valence-corrected chi connectivity index (χ2v) is 10.1. The zero-order valence-electron chi connectivity index (χ0n) is 16.9. The smallest absolute Gasteiger partial charge is 0.221 e. The number of benzene rings is 1. The van der Waals surface area contributed by atoms with Gasteiger partial charge < -0.3 is 5.32 Å². The van der Waals surface area contributed by atoms with E-state index in [0.717, 1.165) is 28.5 Å². The maximum absolute atomic E-state index is 12.8. The zero-order valence-corrected chi connectivity index (χ0v) is 18.5. The van der Waals surface area contributed by atoms with Crippen LogP contribution in [0, 0.1) is 0 Å². The number of hydrogen-bond acceptors (Lipinski definition) is 6. The summed E-state index contributed by atoms with van der Waals surface area (Å²) >= 11 is 3.37. The van der Waals surface area contributed by atoms with Gasteiger partial charge in [-0.3, -0.25) is 9.59 Å². The maximum Gasteiger partial charge on any atom is 0.221 e. The van der Waals surface area contributed by atoms with Gasteiger partial charge in [0.25, 0.3) is 0 Å². The lowest BCUT2D eigenvalue weighted by molar-refractivity contribution is -0.114. The Morgan fingerprint density at radius 1 is 1.13 bits per heavy atom. The molecule has 5 rings (SSSR count). The summed E-state index contributed by atoms with van der Waals surface area (Å²) in [6.07, 6.45) is 7.03. The molecule has 1 aromatic carbocycles. The van der Waals surface area contributed by atoms with Gasteiger partial charge in [0.1, 0.15) is 15.7 Å². The number of rotatable bonds is 6. The van der Waals surface area contributed by atoms with Crippen LogP contribution in [0.25, 0.3) is 10.2 Å². The number of carbonyl (C=O) groups is 2. The van der Waals surface area contributed by atoms with Crippen LogP contribution in [0.3, 0.4) is 0 Å². The fourth-order valence-electron chi connectivity index (χ4n) is 3.93. The van der Waals surface area contributed by atoms with Gasteiger partial charge in [-0.2, -0.15) is 0 Å². The second kappa shape index (κ2) is 8.12. The number of ketones is 1. The number of amides is 1. The normalized spacial score (nSPS) is 15.8. The number of thioether (sulfide) groups is 1. The SMILES string of the molecule is CC(=O)Nc1ccc(C(=O)CSc2nc(C3CC3)nc3sc4c(c23)CCCC4)cc1. The molecule has 7 heteroatoms. The van der Waals surface area contributed by atoms with Gasteiger partial charge in [0.05, 0.1) is 5.75 Å². The molecule has 154 valence electrons. The molecule has 0 radical (unpaired) electrons. The first-order valence-corrected chi connectivity index (χ1v) is 12.2. The van der Waals surface area contributed by atoms with Gasteiger partial charge in [-0.25, -0.2) is 9.97 Å². The van der Waals surface area contributed by atoms with E-state index in [0.29, 0.717) is 22.9 Å². The number of carbonyl (C=O) groups excluding carboxylic acids is 2. The van der Waals surface area contributed by atoms with Crippen LogP contribution in [0.4, 0.5) is 5.69 Å². The van der Waals surface area contributed by atoms with Crippen LogP contribution in [0.15, 0.2) is 29.3 Å². The summed E-state index contributed by atoms with van der Waals surface area (Å²) in [6.45, 7) is 1.47. The van der Waals surface area contributed by atoms with Crippen molar-refractivity contribution in [3.63, 3.8) is 0 Å². The lowest BCUT2D eigenvalue weighted by Crippen LogP contribution is -2.07. The number of nitrogens with zero attached hydrogens (tertiary/aromatic N) is 2. The van der Waals surface area contributed by atoms with E-state index in [1.807, 2.05) is 11.3 Å². The van der Waals surface area contributed by atoms with E-state index in [4.69, 9.17) is 9.97 Å². The van der Waals surface area contributed by atoms with Crippen molar-refractivity contribution < 1.29 is 9.59 Å². The molecule has 5 nitrogen and oxygen atoms in total. The Hall–Kier alpha value is -2.25. The van der Waals surface area contributed by atoms with Gasteiger partial charge in [0, 0.05) is 34.4 Å². The largest absolute Gasteiger partial charge is 0.326 e. The van der Waals surface area contributed by atoms with Gasteiger partial charge in [-0.1, -0.05) is 11.8 Å². The number of anilines is 1. The highest BCUT2D eigenvalue weighted by atomic mass is 32.2. The number of nitrogens with one attached hydrogen (secondary N) is 1. The van der Waals surface area contributed by atoms with Crippen molar-refractivity contribution in [2.75, 3.05) is 11.1 Å².